The number of rotatable bonds is 7. The highest BCUT2D eigenvalue weighted by Crippen LogP contribution is 2.24. The Labute approximate surface area is 181 Å². The number of ether oxygens (including phenoxy) is 1. The lowest BCUT2D eigenvalue weighted by Crippen LogP contribution is -2.30. The van der Waals surface area contributed by atoms with E-state index in [0.717, 1.165) is 11.1 Å². The van der Waals surface area contributed by atoms with Gasteiger partial charge in [-0.3, -0.25) is 0 Å². The lowest BCUT2D eigenvalue weighted by Gasteiger charge is -2.13. The molecule has 0 radical (unpaired) electrons. The molecular weight excluding hydrogens is 418 g/mol. The van der Waals surface area contributed by atoms with Gasteiger partial charge in [-0.25, -0.2) is 17.9 Å². The van der Waals surface area contributed by atoms with Crippen LogP contribution in [0.5, 0.6) is 0 Å². The average molecular weight is 444 g/mol. The van der Waals surface area contributed by atoms with Crippen LogP contribution in [0.3, 0.4) is 0 Å². The van der Waals surface area contributed by atoms with Gasteiger partial charge >= 0.3 is 5.97 Å². The largest absolute Gasteiger partial charge is 0.449 e. The molecule has 1 atom stereocenters. The summed E-state index contributed by atoms with van der Waals surface area (Å²) < 4.78 is 38.5. The Morgan fingerprint density at radius 3 is 2.35 bits per heavy atom. The maximum atomic E-state index is 12.7. The zero-order valence-electron chi connectivity index (χ0n) is 18.0. The van der Waals surface area contributed by atoms with Crippen LogP contribution in [0.2, 0.25) is 0 Å². The van der Waals surface area contributed by atoms with Crippen molar-refractivity contribution >= 4 is 16.0 Å². The van der Waals surface area contributed by atoms with Crippen LogP contribution in [0.4, 0.5) is 0 Å². The van der Waals surface area contributed by atoms with Crippen molar-refractivity contribution in [2.24, 2.45) is 0 Å². The van der Waals surface area contributed by atoms with E-state index in [1.165, 1.54) is 12.1 Å². The highest BCUT2D eigenvalue weighted by atomic mass is 32.2. The van der Waals surface area contributed by atoms with E-state index >= 15 is 0 Å². The predicted octanol–water partition coefficient (Wildman–Crippen LogP) is 3.96. The van der Waals surface area contributed by atoms with Gasteiger partial charge in [0.1, 0.15) is 0 Å². The van der Waals surface area contributed by atoms with E-state index in [2.05, 4.69) is 14.9 Å². The first-order valence-electron chi connectivity index (χ1n) is 9.81. The monoisotopic (exact) mass is 443 g/mol. The fourth-order valence-corrected chi connectivity index (χ4v) is 4.13. The van der Waals surface area contributed by atoms with Gasteiger partial charge in [0.25, 0.3) is 5.89 Å². The fourth-order valence-electron chi connectivity index (χ4n) is 2.85. The van der Waals surface area contributed by atoms with Gasteiger partial charge in [-0.1, -0.05) is 23.8 Å². The van der Waals surface area contributed by atoms with Crippen molar-refractivity contribution in [2.75, 3.05) is 0 Å². The summed E-state index contributed by atoms with van der Waals surface area (Å²) in [5, 5.41) is 7.99. The smallest absolute Gasteiger partial charge is 0.339 e. The number of nitrogens with zero attached hydrogens (tertiary/aromatic N) is 2. The molecule has 0 fully saturated rings. The van der Waals surface area contributed by atoms with Crippen molar-refractivity contribution in [3.63, 3.8) is 0 Å². The Morgan fingerprint density at radius 2 is 1.71 bits per heavy atom. The molecule has 0 saturated carbocycles. The molecule has 0 aliphatic carbocycles. The quantitative estimate of drug-likeness (QED) is 0.550. The number of sulfonamides is 1. The van der Waals surface area contributed by atoms with Gasteiger partial charge in [0.15, 0.2) is 6.10 Å². The Bertz CT molecular complexity index is 1180. The van der Waals surface area contributed by atoms with Crippen LogP contribution in [0, 0.1) is 13.8 Å². The topological polar surface area (TPSA) is 111 Å². The first kappa shape index (κ1) is 22.6. The molecule has 1 N–H and O–H groups in total. The summed E-state index contributed by atoms with van der Waals surface area (Å²) in [5.74, 6) is -0.213. The highest BCUT2D eigenvalue weighted by molar-refractivity contribution is 7.89. The van der Waals surface area contributed by atoms with Gasteiger partial charge in [0, 0.05) is 11.6 Å². The number of aromatic nitrogens is 2. The molecule has 3 aromatic rings. The molecule has 0 amide bonds. The number of carbonyl (C=O) groups is 1. The minimum atomic E-state index is -3.74. The molecule has 164 valence electrons. The van der Waals surface area contributed by atoms with E-state index in [9.17, 15) is 13.2 Å². The Balaban J connectivity index is 1.78. The molecule has 8 nitrogen and oxygen atoms in total. The summed E-state index contributed by atoms with van der Waals surface area (Å²) in [6, 6.07) is 11.6. The van der Waals surface area contributed by atoms with E-state index in [1.54, 1.807) is 33.8 Å². The second-order valence-electron chi connectivity index (χ2n) is 7.61. The van der Waals surface area contributed by atoms with E-state index in [4.69, 9.17) is 9.15 Å². The number of hydrogen-bond donors (Lipinski definition) is 1. The molecule has 9 heteroatoms. The molecule has 0 bridgehead atoms. The summed E-state index contributed by atoms with van der Waals surface area (Å²) in [7, 11) is -3.74. The number of esters is 1. The van der Waals surface area contributed by atoms with Crippen LogP contribution in [0.1, 0.15) is 54.3 Å². The minimum absolute atomic E-state index is 0.00847. The van der Waals surface area contributed by atoms with Crippen molar-refractivity contribution in [2.45, 2.75) is 51.7 Å². The summed E-state index contributed by atoms with van der Waals surface area (Å²) in [4.78, 5) is 12.7. The van der Waals surface area contributed by atoms with E-state index in [0.29, 0.717) is 11.5 Å². The molecule has 0 aliphatic rings. The zero-order valence-corrected chi connectivity index (χ0v) is 18.9. The number of aryl methyl sites for hydroxylation is 2. The normalized spacial score (nSPS) is 12.7. The van der Waals surface area contributed by atoms with Crippen molar-refractivity contribution in [1.82, 2.24) is 14.9 Å². The second-order valence-corrected chi connectivity index (χ2v) is 9.33. The average Bonchev–Trinajstić information content (AvgIpc) is 3.18. The fraction of sp³-hybridized carbons (Fsp3) is 0.318. The van der Waals surface area contributed by atoms with E-state index in [1.807, 2.05) is 31.2 Å². The number of hydrogen-bond acceptors (Lipinski definition) is 7. The summed E-state index contributed by atoms with van der Waals surface area (Å²) >= 11 is 0. The molecule has 0 saturated heterocycles. The van der Waals surface area contributed by atoms with Crippen LogP contribution in [0.25, 0.3) is 11.5 Å². The SMILES string of the molecule is Cc1ccc(-c2nnc(C(C)OC(=O)c3cc(S(=O)(=O)NC(C)C)ccc3C)o2)cc1. The third-order valence-corrected chi connectivity index (χ3v) is 6.16. The van der Waals surface area contributed by atoms with Crippen LogP contribution in [-0.4, -0.2) is 30.6 Å². The van der Waals surface area contributed by atoms with Gasteiger partial charge in [-0.15, -0.1) is 10.2 Å². The third kappa shape index (κ3) is 5.36. The maximum Gasteiger partial charge on any atom is 0.339 e. The summed E-state index contributed by atoms with van der Waals surface area (Å²) in [6.45, 7) is 8.73. The molecule has 1 aromatic heterocycles. The van der Waals surface area contributed by atoms with E-state index < -0.39 is 22.1 Å². The molecule has 1 heterocycles. The zero-order chi connectivity index (χ0) is 22.8. The van der Waals surface area contributed by atoms with Crippen molar-refractivity contribution < 1.29 is 22.4 Å². The van der Waals surface area contributed by atoms with Gasteiger partial charge in [0.05, 0.1) is 10.5 Å². The van der Waals surface area contributed by atoms with Crippen LogP contribution < -0.4 is 4.72 Å². The Kier molecular flexibility index (Phi) is 6.56. The molecular formula is C22H25N3O5S. The Morgan fingerprint density at radius 1 is 1.03 bits per heavy atom. The van der Waals surface area contributed by atoms with Crippen LogP contribution >= 0.6 is 0 Å². The highest BCUT2D eigenvalue weighted by Gasteiger charge is 2.23. The predicted molar refractivity (Wildman–Crippen MR) is 115 cm³/mol. The van der Waals surface area contributed by atoms with Gasteiger partial charge in [-0.2, -0.15) is 0 Å². The number of benzene rings is 2. The van der Waals surface area contributed by atoms with Crippen molar-refractivity contribution in [1.29, 1.82) is 0 Å². The van der Waals surface area contributed by atoms with Gasteiger partial charge in [0.2, 0.25) is 15.9 Å². The van der Waals surface area contributed by atoms with Gasteiger partial charge < -0.3 is 9.15 Å². The van der Waals surface area contributed by atoms with Crippen molar-refractivity contribution in [3.8, 4) is 11.5 Å². The molecule has 3 rings (SSSR count). The van der Waals surface area contributed by atoms with Crippen LogP contribution in [0.15, 0.2) is 51.8 Å². The Hall–Kier alpha value is -3.04. The summed E-state index contributed by atoms with van der Waals surface area (Å²) in [5.41, 5.74) is 2.60. The third-order valence-electron chi connectivity index (χ3n) is 4.50. The lowest BCUT2D eigenvalue weighted by molar-refractivity contribution is 0.0278. The molecule has 2 aromatic carbocycles. The molecule has 31 heavy (non-hydrogen) atoms. The molecule has 1 unspecified atom stereocenters. The first-order valence-corrected chi connectivity index (χ1v) is 11.3. The number of carbonyl (C=O) groups excluding carboxylic acids is 1. The van der Waals surface area contributed by atoms with Crippen molar-refractivity contribution in [3.05, 3.63) is 65.0 Å². The lowest BCUT2D eigenvalue weighted by atomic mass is 10.1. The minimum Gasteiger partial charge on any atom is -0.449 e. The molecule has 0 aliphatic heterocycles. The van der Waals surface area contributed by atoms with Crippen LogP contribution in [-0.2, 0) is 14.8 Å². The maximum absolute atomic E-state index is 12.7. The molecule has 0 spiro atoms. The van der Waals surface area contributed by atoms with E-state index in [-0.39, 0.29) is 22.4 Å². The van der Waals surface area contributed by atoms with Gasteiger partial charge in [-0.05, 0) is 64.4 Å². The standard InChI is InChI=1S/C22H25N3O5S/c1-13(2)25-31(27,28)18-11-8-15(4)19(12-18)22(26)29-16(5)20-23-24-21(30-20)17-9-6-14(3)7-10-17/h6-13,16,25H,1-5H3. The first-order chi connectivity index (χ1) is 14.6. The second kappa shape index (κ2) is 8.99. The number of nitrogens with one attached hydrogen (secondary N) is 1. The summed E-state index contributed by atoms with van der Waals surface area (Å²) in [6.07, 6.45) is -0.812.